The Balaban J connectivity index is 1.99. The van der Waals surface area contributed by atoms with Crippen molar-refractivity contribution in [1.82, 2.24) is 10.1 Å². The first kappa shape index (κ1) is 17.6. The van der Waals surface area contributed by atoms with Crippen LogP contribution in [0.3, 0.4) is 0 Å². The van der Waals surface area contributed by atoms with Crippen LogP contribution in [-0.2, 0) is 10.0 Å². The van der Waals surface area contributed by atoms with Gasteiger partial charge in [-0.1, -0.05) is 5.16 Å². The Labute approximate surface area is 146 Å². The van der Waals surface area contributed by atoms with Crippen molar-refractivity contribution in [1.29, 1.82) is 0 Å². The van der Waals surface area contributed by atoms with Crippen LogP contribution in [0.4, 0.5) is 0 Å². The van der Waals surface area contributed by atoms with Gasteiger partial charge in [0.1, 0.15) is 0 Å². The van der Waals surface area contributed by atoms with Crippen molar-refractivity contribution >= 4 is 15.9 Å². The van der Waals surface area contributed by atoms with E-state index in [4.69, 9.17) is 9.66 Å². The number of sulfonamides is 1. The van der Waals surface area contributed by atoms with Crippen LogP contribution >= 0.6 is 0 Å². The molecule has 2 aromatic rings. The van der Waals surface area contributed by atoms with Crippen LogP contribution < -0.4 is 5.14 Å². The number of carbonyl (C=O) groups is 1. The van der Waals surface area contributed by atoms with Crippen molar-refractivity contribution in [2.75, 3.05) is 6.54 Å². The van der Waals surface area contributed by atoms with Crippen LogP contribution in [-0.4, -0.2) is 30.9 Å². The summed E-state index contributed by atoms with van der Waals surface area (Å²) in [6.07, 6.45) is 1.64. The molecule has 3 rings (SSSR count). The van der Waals surface area contributed by atoms with Gasteiger partial charge in [0, 0.05) is 18.2 Å². The molecule has 1 unspecified atom stereocenters. The molecule has 1 aliphatic heterocycles. The zero-order valence-electron chi connectivity index (χ0n) is 14.4. The minimum atomic E-state index is -3.90. The summed E-state index contributed by atoms with van der Waals surface area (Å²) in [5.74, 6) is 0.420. The summed E-state index contributed by atoms with van der Waals surface area (Å²) >= 11 is 0. The van der Waals surface area contributed by atoms with Crippen LogP contribution in [0.5, 0.6) is 0 Å². The van der Waals surface area contributed by atoms with Gasteiger partial charge in [0.05, 0.1) is 16.6 Å². The van der Waals surface area contributed by atoms with E-state index in [9.17, 15) is 13.2 Å². The number of aryl methyl sites for hydroxylation is 2. The van der Waals surface area contributed by atoms with Gasteiger partial charge in [0.25, 0.3) is 5.91 Å². The fourth-order valence-electron chi connectivity index (χ4n) is 3.26. The van der Waals surface area contributed by atoms with Crippen molar-refractivity contribution in [3.8, 4) is 0 Å². The lowest BCUT2D eigenvalue weighted by molar-refractivity contribution is 0.0714. The summed E-state index contributed by atoms with van der Waals surface area (Å²) in [7, 11) is -3.90. The summed E-state index contributed by atoms with van der Waals surface area (Å²) in [6, 6.07) is 4.70. The summed E-state index contributed by atoms with van der Waals surface area (Å²) < 4.78 is 29.0. The van der Waals surface area contributed by atoms with E-state index < -0.39 is 10.0 Å². The number of aromatic nitrogens is 1. The molecule has 25 heavy (non-hydrogen) atoms. The molecule has 1 aromatic heterocycles. The van der Waals surface area contributed by atoms with Crippen LogP contribution in [0, 0.1) is 20.8 Å². The predicted octanol–water partition coefficient (Wildman–Crippen LogP) is 2.22. The van der Waals surface area contributed by atoms with E-state index in [-0.39, 0.29) is 16.8 Å². The molecule has 1 atom stereocenters. The van der Waals surface area contributed by atoms with Crippen molar-refractivity contribution < 1.29 is 17.7 Å². The smallest absolute Gasteiger partial charge is 0.254 e. The summed E-state index contributed by atoms with van der Waals surface area (Å²) in [6.45, 7) is 5.86. The van der Waals surface area contributed by atoms with Gasteiger partial charge in [-0.15, -0.1) is 0 Å². The summed E-state index contributed by atoms with van der Waals surface area (Å²) in [4.78, 5) is 14.7. The topological polar surface area (TPSA) is 106 Å². The van der Waals surface area contributed by atoms with Crippen molar-refractivity contribution in [2.24, 2.45) is 5.14 Å². The molecule has 1 saturated heterocycles. The van der Waals surface area contributed by atoms with Gasteiger partial charge in [0.2, 0.25) is 10.0 Å². The number of nitrogens with zero attached hydrogens (tertiary/aromatic N) is 2. The van der Waals surface area contributed by atoms with Crippen LogP contribution in [0.25, 0.3) is 0 Å². The lowest BCUT2D eigenvalue weighted by atomic mass is 10.0. The second-order valence-electron chi connectivity index (χ2n) is 6.49. The van der Waals surface area contributed by atoms with Gasteiger partial charge in [-0.05, 0) is 56.9 Å². The Morgan fingerprint density at radius 3 is 2.60 bits per heavy atom. The number of nitrogens with two attached hydrogens (primary N) is 1. The average molecular weight is 363 g/mol. The Kier molecular flexibility index (Phi) is 4.42. The van der Waals surface area contributed by atoms with Crippen LogP contribution in [0.2, 0.25) is 0 Å². The summed E-state index contributed by atoms with van der Waals surface area (Å²) in [5, 5.41) is 9.19. The first-order chi connectivity index (χ1) is 11.7. The van der Waals surface area contributed by atoms with E-state index in [1.165, 1.54) is 6.07 Å². The highest BCUT2D eigenvalue weighted by atomic mass is 32.2. The van der Waals surface area contributed by atoms with Gasteiger partial charge < -0.3 is 9.42 Å². The number of rotatable bonds is 3. The third kappa shape index (κ3) is 3.32. The molecule has 1 fully saturated rings. The number of likely N-dealkylation sites (tertiary alicyclic amines) is 1. The maximum atomic E-state index is 13.0. The van der Waals surface area contributed by atoms with Gasteiger partial charge in [-0.2, -0.15) is 0 Å². The quantitative estimate of drug-likeness (QED) is 0.900. The first-order valence-corrected chi connectivity index (χ1v) is 9.61. The second kappa shape index (κ2) is 6.27. The highest BCUT2D eigenvalue weighted by Gasteiger charge is 2.33. The minimum Gasteiger partial charge on any atom is -0.359 e. The van der Waals surface area contributed by atoms with Crippen molar-refractivity contribution in [3.05, 3.63) is 46.3 Å². The van der Waals surface area contributed by atoms with E-state index in [0.29, 0.717) is 29.0 Å². The molecule has 0 bridgehead atoms. The number of amides is 1. The summed E-state index contributed by atoms with van der Waals surface area (Å²) in [5.41, 5.74) is 2.34. The van der Waals surface area contributed by atoms with Gasteiger partial charge >= 0.3 is 0 Å². The zero-order valence-corrected chi connectivity index (χ0v) is 15.3. The Hall–Kier alpha value is -2.19. The fraction of sp³-hybridized carbons (Fsp3) is 0.412. The molecule has 2 heterocycles. The van der Waals surface area contributed by atoms with E-state index >= 15 is 0 Å². The highest BCUT2D eigenvalue weighted by Crippen LogP contribution is 2.34. The molecule has 134 valence electrons. The van der Waals surface area contributed by atoms with Crippen molar-refractivity contribution in [2.45, 2.75) is 44.6 Å². The molecule has 7 nitrogen and oxygen atoms in total. The molecular weight excluding hydrogens is 342 g/mol. The first-order valence-electron chi connectivity index (χ1n) is 8.06. The number of carbonyl (C=O) groups excluding carboxylic acids is 1. The number of hydrogen-bond donors (Lipinski definition) is 1. The zero-order chi connectivity index (χ0) is 18.4. The minimum absolute atomic E-state index is 0.0119. The predicted molar refractivity (Wildman–Crippen MR) is 91.5 cm³/mol. The largest absolute Gasteiger partial charge is 0.359 e. The van der Waals surface area contributed by atoms with E-state index in [2.05, 4.69) is 5.16 Å². The molecule has 0 radical (unpaired) electrons. The lowest BCUT2D eigenvalue weighted by Crippen LogP contribution is -2.31. The van der Waals surface area contributed by atoms with Crippen LogP contribution in [0.1, 0.15) is 51.8 Å². The Morgan fingerprint density at radius 2 is 2.00 bits per heavy atom. The molecular formula is C17H21N3O4S. The molecule has 0 spiro atoms. The maximum absolute atomic E-state index is 13.0. The standard InChI is InChI=1S/C17H21N3O4S/c1-10-7-13(9-16(12(10)3)25(18,22)23)17(21)20-6-4-5-14(20)15-8-11(2)19-24-15/h7-9,14H,4-6H2,1-3H3,(H2,18,22,23). The second-order valence-corrected chi connectivity index (χ2v) is 8.02. The van der Waals surface area contributed by atoms with E-state index in [1.807, 2.05) is 13.0 Å². The molecule has 8 heteroatoms. The normalized spacial score (nSPS) is 17.9. The maximum Gasteiger partial charge on any atom is 0.254 e. The molecule has 2 N–H and O–H groups in total. The lowest BCUT2D eigenvalue weighted by Gasteiger charge is -2.23. The molecule has 0 saturated carbocycles. The van der Waals surface area contributed by atoms with Crippen molar-refractivity contribution in [3.63, 3.8) is 0 Å². The molecule has 1 aliphatic rings. The highest BCUT2D eigenvalue weighted by molar-refractivity contribution is 7.89. The Bertz CT molecular complexity index is 933. The average Bonchev–Trinajstić information content (AvgIpc) is 3.16. The molecule has 0 aliphatic carbocycles. The number of primary sulfonamides is 1. The molecule has 1 aromatic carbocycles. The van der Waals surface area contributed by atoms with Gasteiger partial charge in [-0.3, -0.25) is 4.79 Å². The number of benzene rings is 1. The Morgan fingerprint density at radius 1 is 1.28 bits per heavy atom. The number of hydrogen-bond acceptors (Lipinski definition) is 5. The monoisotopic (exact) mass is 363 g/mol. The third-order valence-electron chi connectivity index (χ3n) is 4.66. The van der Waals surface area contributed by atoms with E-state index in [0.717, 1.165) is 18.5 Å². The van der Waals surface area contributed by atoms with Gasteiger partial charge in [-0.25, -0.2) is 13.6 Å². The fourth-order valence-corrected chi connectivity index (χ4v) is 4.14. The third-order valence-corrected chi connectivity index (χ3v) is 5.70. The van der Waals surface area contributed by atoms with E-state index in [1.54, 1.807) is 24.8 Å². The SMILES string of the molecule is Cc1cc(C2CCCN2C(=O)c2cc(C)c(C)c(S(N)(=O)=O)c2)on1. The van der Waals surface area contributed by atoms with Gasteiger partial charge in [0.15, 0.2) is 5.76 Å². The van der Waals surface area contributed by atoms with Crippen LogP contribution in [0.15, 0.2) is 27.6 Å². The molecule has 1 amide bonds.